The fourth-order valence-electron chi connectivity index (χ4n) is 1.83. The molecule has 0 saturated carbocycles. The molecule has 0 atom stereocenters. The van der Waals surface area contributed by atoms with Crippen molar-refractivity contribution in [1.82, 2.24) is 5.32 Å². The average molecular weight is 320 g/mol. The maximum atomic E-state index is 10.1. The van der Waals surface area contributed by atoms with Gasteiger partial charge in [-0.15, -0.1) is 0 Å². The maximum absolute atomic E-state index is 10.1. The molecule has 0 spiro atoms. The van der Waals surface area contributed by atoms with Gasteiger partial charge in [-0.2, -0.15) is 0 Å². The Kier molecular flexibility index (Phi) is 11.4. The van der Waals surface area contributed by atoms with E-state index in [2.05, 4.69) is 5.32 Å². The zero-order valence-corrected chi connectivity index (χ0v) is 14.3. The molecule has 0 aromatic heterocycles. The van der Waals surface area contributed by atoms with Gasteiger partial charge >= 0.3 is 8.80 Å². The van der Waals surface area contributed by atoms with Crippen LogP contribution in [0.4, 0.5) is 0 Å². The summed E-state index contributed by atoms with van der Waals surface area (Å²) in [6, 6.07) is 0.818. The Balaban J connectivity index is 0.000000471. The monoisotopic (exact) mass is 320 g/mol. The van der Waals surface area contributed by atoms with Crippen molar-refractivity contribution < 1.29 is 22.9 Å². The van der Waals surface area contributed by atoms with E-state index in [1.165, 1.54) is 0 Å². The van der Waals surface area contributed by atoms with E-state index in [4.69, 9.17) is 19.0 Å². The highest BCUT2D eigenvalue weighted by molar-refractivity contribution is 6.60. The summed E-state index contributed by atoms with van der Waals surface area (Å²) in [5.74, 6) is -0.296. The third-order valence-corrected chi connectivity index (χ3v) is 5.79. The lowest BCUT2D eigenvalue weighted by Crippen LogP contribution is -2.46. The summed E-state index contributed by atoms with van der Waals surface area (Å²) in [6.07, 6.45) is 1.64. The van der Waals surface area contributed by atoms with E-state index in [0.717, 1.165) is 12.5 Å². The molecule has 1 rings (SSSR count). The van der Waals surface area contributed by atoms with E-state index in [9.17, 15) is 9.59 Å². The SMILES string of the molecule is CCO[Si](CCCN)(OCC)OCC.O=C1CCC(=O)N1. The van der Waals surface area contributed by atoms with Crippen LogP contribution in [-0.4, -0.2) is 47.0 Å². The second kappa shape index (κ2) is 11.8. The molecular formula is C13H28N2O5Si. The molecule has 8 heteroatoms. The Bertz CT molecular complexity index is 284. The molecule has 0 unspecified atom stereocenters. The van der Waals surface area contributed by atoms with Crippen LogP contribution in [0, 0.1) is 0 Å². The predicted molar refractivity (Wildman–Crippen MR) is 81.5 cm³/mol. The van der Waals surface area contributed by atoms with E-state index in [1.54, 1.807) is 0 Å². The van der Waals surface area contributed by atoms with Crippen molar-refractivity contribution in [2.75, 3.05) is 26.4 Å². The summed E-state index contributed by atoms with van der Waals surface area (Å²) in [5, 5.41) is 2.14. The molecule has 0 aromatic carbocycles. The summed E-state index contributed by atoms with van der Waals surface area (Å²) in [7, 11) is -2.40. The van der Waals surface area contributed by atoms with Crippen LogP contribution in [0.1, 0.15) is 40.0 Å². The van der Waals surface area contributed by atoms with Gasteiger partial charge in [-0.1, -0.05) is 0 Å². The molecule has 3 N–H and O–H groups in total. The molecule has 1 heterocycles. The molecule has 0 radical (unpaired) electrons. The molecule has 1 aliphatic rings. The highest BCUT2D eigenvalue weighted by atomic mass is 28.4. The molecule has 1 saturated heterocycles. The third-order valence-electron chi connectivity index (χ3n) is 2.64. The van der Waals surface area contributed by atoms with Crippen LogP contribution in [0.5, 0.6) is 0 Å². The van der Waals surface area contributed by atoms with Gasteiger partial charge in [-0.3, -0.25) is 14.9 Å². The highest BCUT2D eigenvalue weighted by Gasteiger charge is 2.39. The average Bonchev–Trinajstić information content (AvgIpc) is 2.82. The van der Waals surface area contributed by atoms with Crippen molar-refractivity contribution in [3.8, 4) is 0 Å². The third kappa shape index (κ3) is 8.94. The van der Waals surface area contributed by atoms with Gasteiger partial charge in [0, 0.05) is 38.7 Å². The Morgan fingerprint density at radius 2 is 1.43 bits per heavy atom. The standard InChI is InChI=1S/C9H23NO3Si.C4H5NO2/c1-4-11-14(12-5-2,13-6-3)9-7-8-10;6-3-1-2-4(7)5-3/h4-10H2,1-3H3;1-2H2,(H,5,6,7). The zero-order chi connectivity index (χ0) is 16.1. The van der Waals surface area contributed by atoms with Crippen molar-refractivity contribution in [2.45, 2.75) is 46.1 Å². The van der Waals surface area contributed by atoms with Crippen LogP contribution in [0.3, 0.4) is 0 Å². The van der Waals surface area contributed by atoms with E-state index >= 15 is 0 Å². The van der Waals surface area contributed by atoms with Gasteiger partial charge in [-0.05, 0) is 33.7 Å². The van der Waals surface area contributed by atoms with Crippen molar-refractivity contribution in [3.63, 3.8) is 0 Å². The Morgan fingerprint density at radius 3 is 1.67 bits per heavy atom. The fraction of sp³-hybridized carbons (Fsp3) is 0.846. The van der Waals surface area contributed by atoms with Gasteiger partial charge in [0.1, 0.15) is 0 Å². The summed E-state index contributed by atoms with van der Waals surface area (Å²) in [4.78, 5) is 20.2. The first-order chi connectivity index (χ1) is 10.0. The molecule has 1 fully saturated rings. The number of carbonyl (C=O) groups is 2. The lowest BCUT2D eigenvalue weighted by molar-refractivity contribution is -0.124. The first kappa shape index (κ1) is 20.2. The second-order valence-corrected chi connectivity index (χ2v) is 7.08. The largest absolute Gasteiger partial charge is 0.500 e. The number of carbonyl (C=O) groups excluding carboxylic acids is 2. The zero-order valence-electron chi connectivity index (χ0n) is 13.3. The second-order valence-electron chi connectivity index (χ2n) is 4.35. The van der Waals surface area contributed by atoms with Gasteiger partial charge < -0.3 is 19.0 Å². The first-order valence-electron chi connectivity index (χ1n) is 7.48. The van der Waals surface area contributed by atoms with E-state index < -0.39 is 8.80 Å². The summed E-state index contributed by atoms with van der Waals surface area (Å²) in [6.45, 7) is 8.44. The number of nitrogens with one attached hydrogen (secondary N) is 1. The Morgan fingerprint density at radius 1 is 1.00 bits per heavy atom. The molecule has 1 aliphatic heterocycles. The molecule has 7 nitrogen and oxygen atoms in total. The van der Waals surface area contributed by atoms with E-state index in [-0.39, 0.29) is 11.8 Å². The predicted octanol–water partition coefficient (Wildman–Crippen LogP) is 0.807. The lowest BCUT2D eigenvalue weighted by Gasteiger charge is -2.28. The first-order valence-corrected chi connectivity index (χ1v) is 9.41. The summed E-state index contributed by atoms with van der Waals surface area (Å²) < 4.78 is 17.0. The van der Waals surface area contributed by atoms with Crippen LogP contribution in [-0.2, 0) is 22.9 Å². The van der Waals surface area contributed by atoms with Crippen LogP contribution in [0.2, 0.25) is 6.04 Å². The molecule has 0 aromatic rings. The Labute approximate surface area is 127 Å². The minimum atomic E-state index is -2.40. The van der Waals surface area contributed by atoms with Gasteiger partial charge in [0.2, 0.25) is 11.8 Å². The number of rotatable bonds is 9. The molecule has 0 aliphatic carbocycles. The molecule has 124 valence electrons. The summed E-state index contributed by atoms with van der Waals surface area (Å²) in [5.41, 5.74) is 5.48. The number of amides is 2. The highest BCUT2D eigenvalue weighted by Crippen LogP contribution is 2.17. The lowest BCUT2D eigenvalue weighted by atomic mass is 10.4. The molecule has 2 amide bonds. The van der Waals surface area contributed by atoms with Crippen molar-refractivity contribution >= 4 is 20.6 Å². The number of hydrogen-bond donors (Lipinski definition) is 2. The van der Waals surface area contributed by atoms with Gasteiger partial charge in [0.05, 0.1) is 0 Å². The maximum Gasteiger partial charge on any atom is 0.500 e. The van der Waals surface area contributed by atoms with Crippen LogP contribution in [0.15, 0.2) is 0 Å². The van der Waals surface area contributed by atoms with Crippen LogP contribution < -0.4 is 11.1 Å². The van der Waals surface area contributed by atoms with Crippen molar-refractivity contribution in [3.05, 3.63) is 0 Å². The van der Waals surface area contributed by atoms with Crippen molar-refractivity contribution in [2.24, 2.45) is 5.73 Å². The number of hydrogen-bond acceptors (Lipinski definition) is 6. The topological polar surface area (TPSA) is 99.9 Å². The minimum Gasteiger partial charge on any atom is -0.374 e. The van der Waals surface area contributed by atoms with Crippen LogP contribution >= 0.6 is 0 Å². The molecule has 21 heavy (non-hydrogen) atoms. The smallest absolute Gasteiger partial charge is 0.374 e. The normalized spacial score (nSPS) is 14.7. The Hall–Kier alpha value is -0.803. The van der Waals surface area contributed by atoms with E-state index in [0.29, 0.717) is 39.2 Å². The van der Waals surface area contributed by atoms with Crippen molar-refractivity contribution in [1.29, 1.82) is 0 Å². The van der Waals surface area contributed by atoms with Gasteiger partial charge in [0.15, 0.2) is 0 Å². The van der Waals surface area contributed by atoms with Gasteiger partial charge in [-0.25, -0.2) is 0 Å². The fourth-order valence-corrected chi connectivity index (χ4v) is 4.47. The summed E-state index contributed by atoms with van der Waals surface area (Å²) >= 11 is 0. The van der Waals surface area contributed by atoms with Gasteiger partial charge in [0.25, 0.3) is 0 Å². The minimum absolute atomic E-state index is 0.148. The number of imide groups is 1. The molecule has 0 bridgehead atoms. The van der Waals surface area contributed by atoms with Crippen LogP contribution in [0.25, 0.3) is 0 Å². The molecular weight excluding hydrogens is 292 g/mol. The number of nitrogens with two attached hydrogens (primary N) is 1. The van der Waals surface area contributed by atoms with E-state index in [1.807, 2.05) is 20.8 Å². The quantitative estimate of drug-likeness (QED) is 0.482.